The minimum absolute atomic E-state index is 0.160. The van der Waals surface area contributed by atoms with E-state index in [1.54, 1.807) is 0 Å². The molecule has 0 spiro atoms. The van der Waals surface area contributed by atoms with Crippen LogP contribution in [0.1, 0.15) is 22.3 Å². The van der Waals surface area contributed by atoms with Crippen LogP contribution in [0.2, 0.25) is 5.02 Å². The molecule has 4 nitrogen and oxygen atoms in total. The maximum atomic E-state index is 12.3. The van der Waals surface area contributed by atoms with Gasteiger partial charge in [-0.05, 0) is 19.1 Å². The summed E-state index contributed by atoms with van der Waals surface area (Å²) in [6, 6.07) is 9.64. The number of carbonyl (C=O) groups is 1. The van der Waals surface area contributed by atoms with Crippen molar-refractivity contribution in [1.29, 1.82) is 0 Å². The summed E-state index contributed by atoms with van der Waals surface area (Å²) >= 11 is 7.70. The fourth-order valence-corrected chi connectivity index (χ4v) is 3.52. The summed E-state index contributed by atoms with van der Waals surface area (Å²) in [6.45, 7) is 3.23. The largest absolute Gasteiger partial charge is 0.346 e. The molecule has 1 amide bonds. The zero-order valence-corrected chi connectivity index (χ0v) is 13.0. The lowest BCUT2D eigenvalue weighted by Crippen LogP contribution is -2.22. The van der Waals surface area contributed by atoms with Crippen LogP contribution in [-0.4, -0.2) is 15.7 Å². The number of hydrogen-bond acceptors (Lipinski definition) is 3. The molecule has 1 aromatic carbocycles. The number of fused-ring (bicyclic) bond motifs is 1. The van der Waals surface area contributed by atoms with Crippen molar-refractivity contribution in [2.45, 2.75) is 20.0 Å². The average molecular weight is 320 g/mol. The monoisotopic (exact) mass is 319 g/mol. The van der Waals surface area contributed by atoms with Gasteiger partial charge in [-0.2, -0.15) is 5.10 Å². The summed E-state index contributed by atoms with van der Waals surface area (Å²) in [4.78, 5) is 12.8. The molecule has 0 aliphatic heterocycles. The quantitative estimate of drug-likeness (QED) is 0.797. The van der Waals surface area contributed by atoms with Crippen molar-refractivity contribution in [3.8, 4) is 0 Å². The smallest absolute Gasteiger partial charge is 0.263 e. The molecule has 0 saturated carbocycles. The Morgan fingerprint density at radius 1 is 1.38 bits per heavy atom. The maximum Gasteiger partial charge on any atom is 0.263 e. The Kier molecular flexibility index (Phi) is 3.94. The Morgan fingerprint density at radius 2 is 2.19 bits per heavy atom. The summed E-state index contributed by atoms with van der Waals surface area (Å²) in [7, 11) is 0. The summed E-state index contributed by atoms with van der Waals surface area (Å²) < 4.78 is 2.84. The van der Waals surface area contributed by atoms with Crippen LogP contribution >= 0.6 is 22.9 Å². The van der Waals surface area contributed by atoms with E-state index < -0.39 is 0 Å². The second-order valence-corrected chi connectivity index (χ2v) is 6.02. The van der Waals surface area contributed by atoms with E-state index in [-0.39, 0.29) is 5.91 Å². The molecule has 0 bridgehead atoms. The first kappa shape index (κ1) is 14.1. The topological polar surface area (TPSA) is 46.9 Å². The molecule has 0 atom stereocenters. The van der Waals surface area contributed by atoms with Crippen LogP contribution in [0.15, 0.2) is 36.5 Å². The van der Waals surface area contributed by atoms with Crippen molar-refractivity contribution in [2.75, 3.05) is 0 Å². The van der Waals surface area contributed by atoms with Crippen LogP contribution in [0, 0.1) is 0 Å². The van der Waals surface area contributed by atoms with Gasteiger partial charge in [-0.3, -0.25) is 9.48 Å². The van der Waals surface area contributed by atoms with E-state index in [1.165, 1.54) is 11.3 Å². The number of aromatic nitrogens is 2. The summed E-state index contributed by atoms with van der Waals surface area (Å²) in [5, 5.41) is 8.64. The third kappa shape index (κ3) is 2.80. The normalized spacial score (nSPS) is 11.0. The predicted octanol–water partition coefficient (Wildman–Crippen LogP) is 3.70. The van der Waals surface area contributed by atoms with Gasteiger partial charge in [-0.15, -0.1) is 11.3 Å². The predicted molar refractivity (Wildman–Crippen MR) is 85.9 cm³/mol. The fraction of sp³-hybridized carbons (Fsp3) is 0.200. The Morgan fingerprint density at radius 3 is 2.90 bits per heavy atom. The van der Waals surface area contributed by atoms with Gasteiger partial charge < -0.3 is 5.32 Å². The zero-order valence-electron chi connectivity index (χ0n) is 11.5. The highest BCUT2D eigenvalue weighted by Gasteiger charge is 2.16. The molecule has 1 N–H and O–H groups in total. The highest BCUT2D eigenvalue weighted by Crippen LogP contribution is 2.34. The highest BCUT2D eigenvalue weighted by atomic mass is 35.5. The molecule has 0 unspecified atom stereocenters. The lowest BCUT2D eigenvalue weighted by molar-refractivity contribution is 0.0954. The van der Waals surface area contributed by atoms with Crippen molar-refractivity contribution in [3.63, 3.8) is 0 Å². The molecule has 21 heavy (non-hydrogen) atoms. The summed E-state index contributed by atoms with van der Waals surface area (Å²) in [5.41, 5.74) is 0.836. The van der Waals surface area contributed by atoms with E-state index in [1.807, 2.05) is 48.1 Å². The third-order valence-electron chi connectivity index (χ3n) is 3.19. The van der Waals surface area contributed by atoms with Crippen molar-refractivity contribution in [1.82, 2.24) is 15.1 Å². The molecule has 0 radical (unpaired) electrons. The van der Waals surface area contributed by atoms with Crippen LogP contribution in [0.4, 0.5) is 0 Å². The van der Waals surface area contributed by atoms with Crippen molar-refractivity contribution in [2.24, 2.45) is 0 Å². The molecule has 2 heterocycles. The molecule has 6 heteroatoms. The average Bonchev–Trinajstić information content (AvgIpc) is 3.10. The Balaban J connectivity index is 1.76. The van der Waals surface area contributed by atoms with Crippen LogP contribution in [0.3, 0.4) is 0 Å². The second-order valence-electron chi connectivity index (χ2n) is 4.59. The third-order valence-corrected chi connectivity index (χ3v) is 4.87. The van der Waals surface area contributed by atoms with E-state index in [0.29, 0.717) is 16.4 Å². The molecule has 0 aliphatic rings. The Bertz CT molecular complexity index is 793. The van der Waals surface area contributed by atoms with E-state index in [0.717, 1.165) is 22.3 Å². The lowest BCUT2D eigenvalue weighted by Gasteiger charge is -2.01. The van der Waals surface area contributed by atoms with E-state index >= 15 is 0 Å². The van der Waals surface area contributed by atoms with Crippen LogP contribution in [0.25, 0.3) is 10.1 Å². The van der Waals surface area contributed by atoms with Crippen LogP contribution < -0.4 is 5.32 Å². The second kappa shape index (κ2) is 5.87. The van der Waals surface area contributed by atoms with Gasteiger partial charge in [0.1, 0.15) is 4.88 Å². The van der Waals surface area contributed by atoms with Crippen molar-refractivity contribution >= 4 is 38.9 Å². The Hall–Kier alpha value is -1.85. The molecular formula is C15H14ClN3OS. The molecular weight excluding hydrogens is 306 g/mol. The minimum atomic E-state index is -0.160. The summed E-state index contributed by atoms with van der Waals surface area (Å²) in [6.07, 6.45) is 1.90. The number of halogens is 1. The minimum Gasteiger partial charge on any atom is -0.346 e. The standard InChI is InChI=1S/C15H14ClN3OS/c1-2-19-8-7-10(18-19)9-17-15(20)14-13(16)11-5-3-4-6-12(11)21-14/h3-8H,2,9H2,1H3,(H,17,20). The Labute approximate surface area is 131 Å². The SMILES string of the molecule is CCn1ccc(CNC(=O)c2sc3ccccc3c2Cl)n1. The van der Waals surface area contributed by atoms with Gasteiger partial charge in [0.2, 0.25) is 0 Å². The van der Waals surface area contributed by atoms with Crippen LogP contribution in [0.5, 0.6) is 0 Å². The lowest BCUT2D eigenvalue weighted by atomic mass is 10.2. The first-order valence-electron chi connectivity index (χ1n) is 6.66. The van der Waals surface area contributed by atoms with Crippen LogP contribution in [-0.2, 0) is 13.1 Å². The molecule has 0 saturated heterocycles. The molecule has 0 aliphatic carbocycles. The number of nitrogens with one attached hydrogen (secondary N) is 1. The van der Waals surface area contributed by atoms with E-state index in [4.69, 9.17) is 11.6 Å². The maximum absolute atomic E-state index is 12.3. The van der Waals surface area contributed by atoms with Gasteiger partial charge >= 0.3 is 0 Å². The number of amides is 1. The van der Waals surface area contributed by atoms with Gasteiger partial charge in [0.15, 0.2) is 0 Å². The summed E-state index contributed by atoms with van der Waals surface area (Å²) in [5.74, 6) is -0.160. The fourth-order valence-electron chi connectivity index (χ4n) is 2.09. The molecule has 2 aromatic heterocycles. The number of carbonyl (C=O) groups excluding carboxylic acids is 1. The number of nitrogens with zero attached hydrogens (tertiary/aromatic N) is 2. The molecule has 0 fully saturated rings. The molecule has 3 aromatic rings. The number of hydrogen-bond donors (Lipinski definition) is 1. The van der Waals surface area contributed by atoms with Gasteiger partial charge in [-0.1, -0.05) is 29.8 Å². The first-order chi connectivity index (χ1) is 10.2. The number of thiophene rings is 1. The van der Waals surface area contributed by atoms with Gasteiger partial charge in [-0.25, -0.2) is 0 Å². The van der Waals surface area contributed by atoms with Gasteiger partial charge in [0, 0.05) is 22.8 Å². The first-order valence-corrected chi connectivity index (χ1v) is 7.86. The van der Waals surface area contributed by atoms with Gasteiger partial charge in [0.05, 0.1) is 17.3 Å². The number of aryl methyl sites for hydroxylation is 1. The molecule has 108 valence electrons. The van der Waals surface area contributed by atoms with Crippen molar-refractivity contribution in [3.05, 3.63) is 52.1 Å². The van der Waals surface area contributed by atoms with Crippen molar-refractivity contribution < 1.29 is 4.79 Å². The zero-order chi connectivity index (χ0) is 14.8. The van der Waals surface area contributed by atoms with E-state index in [2.05, 4.69) is 10.4 Å². The highest BCUT2D eigenvalue weighted by molar-refractivity contribution is 7.21. The van der Waals surface area contributed by atoms with E-state index in [9.17, 15) is 4.79 Å². The van der Waals surface area contributed by atoms with Gasteiger partial charge in [0.25, 0.3) is 5.91 Å². The number of benzene rings is 1. The molecule has 3 rings (SSSR count). The number of rotatable bonds is 4.